The van der Waals surface area contributed by atoms with Crippen LogP contribution < -0.4 is 5.32 Å². The first-order valence-corrected chi connectivity index (χ1v) is 6.63. The number of aromatic nitrogens is 2. The molecule has 4 nitrogen and oxygen atoms in total. The topological polar surface area (TPSA) is 57.8 Å². The van der Waals surface area contributed by atoms with Gasteiger partial charge in [-0.05, 0) is 18.1 Å². The standard InChI is InChI=1S/C14H15ClFN3O/c1-8(2)12-7-13(19-18-12)17-14(20)6-9-10(15)4-3-5-11(9)16/h3-5,7-8H,6H2,1-2H3,(H2,17,18,19,20). The molecule has 2 aromatic rings. The first kappa shape index (κ1) is 14.5. The number of nitrogens with zero attached hydrogens (tertiary/aromatic N) is 1. The zero-order valence-corrected chi connectivity index (χ0v) is 12.0. The third-order valence-electron chi connectivity index (χ3n) is 2.89. The van der Waals surface area contributed by atoms with Crippen molar-refractivity contribution in [2.75, 3.05) is 5.32 Å². The summed E-state index contributed by atoms with van der Waals surface area (Å²) in [5, 5.41) is 9.67. The van der Waals surface area contributed by atoms with Crippen molar-refractivity contribution in [2.45, 2.75) is 26.2 Å². The van der Waals surface area contributed by atoms with Gasteiger partial charge in [-0.15, -0.1) is 0 Å². The molecular weight excluding hydrogens is 281 g/mol. The van der Waals surface area contributed by atoms with E-state index in [4.69, 9.17) is 11.6 Å². The van der Waals surface area contributed by atoms with Crippen LogP contribution in [0, 0.1) is 5.82 Å². The van der Waals surface area contributed by atoms with Crippen LogP contribution in [0.3, 0.4) is 0 Å². The van der Waals surface area contributed by atoms with Gasteiger partial charge < -0.3 is 5.32 Å². The third kappa shape index (κ3) is 3.36. The molecular formula is C14H15ClFN3O. The molecule has 106 valence electrons. The van der Waals surface area contributed by atoms with Crippen LogP contribution in [-0.4, -0.2) is 16.1 Å². The molecule has 0 saturated heterocycles. The van der Waals surface area contributed by atoms with Gasteiger partial charge in [-0.1, -0.05) is 31.5 Å². The van der Waals surface area contributed by atoms with Crippen molar-refractivity contribution < 1.29 is 9.18 Å². The number of amides is 1. The molecule has 1 heterocycles. The minimum Gasteiger partial charge on any atom is -0.309 e. The van der Waals surface area contributed by atoms with Gasteiger partial charge in [-0.25, -0.2) is 4.39 Å². The Bertz CT molecular complexity index is 604. The maximum absolute atomic E-state index is 13.6. The molecule has 6 heteroatoms. The number of hydrogen-bond acceptors (Lipinski definition) is 2. The predicted molar refractivity (Wildman–Crippen MR) is 76.4 cm³/mol. The Labute approximate surface area is 121 Å². The summed E-state index contributed by atoms with van der Waals surface area (Å²) in [4.78, 5) is 11.9. The van der Waals surface area contributed by atoms with E-state index in [1.165, 1.54) is 12.1 Å². The van der Waals surface area contributed by atoms with Crippen LogP contribution in [0.25, 0.3) is 0 Å². The highest BCUT2D eigenvalue weighted by atomic mass is 35.5. The molecule has 0 radical (unpaired) electrons. The minimum atomic E-state index is -0.488. The van der Waals surface area contributed by atoms with Crippen molar-refractivity contribution in [2.24, 2.45) is 0 Å². The number of anilines is 1. The smallest absolute Gasteiger partial charge is 0.230 e. The number of carbonyl (C=O) groups excluding carboxylic acids is 1. The minimum absolute atomic E-state index is 0.130. The Kier molecular flexibility index (Phi) is 4.39. The summed E-state index contributed by atoms with van der Waals surface area (Å²) in [7, 11) is 0. The monoisotopic (exact) mass is 295 g/mol. The van der Waals surface area contributed by atoms with Crippen LogP contribution in [0.1, 0.15) is 31.0 Å². The van der Waals surface area contributed by atoms with Gasteiger partial charge in [0.25, 0.3) is 0 Å². The first-order valence-electron chi connectivity index (χ1n) is 6.25. The molecule has 1 amide bonds. The lowest BCUT2D eigenvalue weighted by Crippen LogP contribution is -2.15. The SMILES string of the molecule is CC(C)c1cc(NC(=O)Cc2c(F)cccc2Cl)n[nH]1. The molecule has 1 aromatic carbocycles. The molecule has 0 fully saturated rings. The number of H-pyrrole nitrogens is 1. The quantitative estimate of drug-likeness (QED) is 0.907. The number of rotatable bonds is 4. The lowest BCUT2D eigenvalue weighted by Gasteiger charge is -2.05. The van der Waals surface area contributed by atoms with Gasteiger partial charge in [-0.2, -0.15) is 5.10 Å². The van der Waals surface area contributed by atoms with E-state index < -0.39 is 5.82 Å². The van der Waals surface area contributed by atoms with Crippen LogP contribution >= 0.6 is 11.6 Å². The van der Waals surface area contributed by atoms with Gasteiger partial charge in [-0.3, -0.25) is 9.89 Å². The highest BCUT2D eigenvalue weighted by Gasteiger charge is 2.13. The highest BCUT2D eigenvalue weighted by molar-refractivity contribution is 6.31. The fourth-order valence-corrected chi connectivity index (χ4v) is 1.98. The first-order chi connectivity index (χ1) is 9.47. The average Bonchev–Trinajstić information content (AvgIpc) is 2.82. The second-order valence-corrected chi connectivity index (χ2v) is 5.20. The number of benzene rings is 1. The maximum Gasteiger partial charge on any atom is 0.230 e. The Morgan fingerprint density at radius 3 is 2.85 bits per heavy atom. The van der Waals surface area contributed by atoms with E-state index in [-0.39, 0.29) is 28.8 Å². The fourth-order valence-electron chi connectivity index (χ4n) is 1.75. The Morgan fingerprint density at radius 2 is 2.25 bits per heavy atom. The largest absolute Gasteiger partial charge is 0.309 e. The molecule has 1 aromatic heterocycles. The summed E-state index contributed by atoms with van der Waals surface area (Å²) in [5.41, 5.74) is 1.11. The second kappa shape index (κ2) is 6.05. The molecule has 0 aliphatic carbocycles. The lowest BCUT2D eigenvalue weighted by atomic mass is 10.1. The number of hydrogen-bond donors (Lipinski definition) is 2. The van der Waals surface area contributed by atoms with E-state index in [1.807, 2.05) is 13.8 Å². The van der Waals surface area contributed by atoms with E-state index in [1.54, 1.807) is 12.1 Å². The normalized spacial score (nSPS) is 10.8. The number of aromatic amines is 1. The highest BCUT2D eigenvalue weighted by Crippen LogP contribution is 2.20. The lowest BCUT2D eigenvalue weighted by molar-refractivity contribution is -0.115. The van der Waals surface area contributed by atoms with Crippen LogP contribution in [0.15, 0.2) is 24.3 Å². The molecule has 0 aliphatic heterocycles. The van der Waals surface area contributed by atoms with E-state index >= 15 is 0 Å². The zero-order valence-electron chi connectivity index (χ0n) is 11.2. The summed E-state index contributed by atoms with van der Waals surface area (Å²) in [6.45, 7) is 4.02. The van der Waals surface area contributed by atoms with Crippen molar-refractivity contribution in [3.63, 3.8) is 0 Å². The molecule has 0 atom stereocenters. The average molecular weight is 296 g/mol. The van der Waals surface area contributed by atoms with Crippen LogP contribution in [-0.2, 0) is 11.2 Å². The van der Waals surface area contributed by atoms with E-state index in [9.17, 15) is 9.18 Å². The fraction of sp³-hybridized carbons (Fsp3) is 0.286. The van der Waals surface area contributed by atoms with E-state index in [0.717, 1.165) is 5.69 Å². The van der Waals surface area contributed by atoms with Gasteiger partial charge in [0.1, 0.15) is 5.82 Å². The Balaban J connectivity index is 2.05. The molecule has 0 saturated carbocycles. The van der Waals surface area contributed by atoms with E-state index in [0.29, 0.717) is 5.82 Å². The number of nitrogens with one attached hydrogen (secondary N) is 2. The van der Waals surface area contributed by atoms with Gasteiger partial charge in [0, 0.05) is 22.3 Å². The van der Waals surface area contributed by atoms with Crippen molar-refractivity contribution in [1.29, 1.82) is 0 Å². The van der Waals surface area contributed by atoms with Gasteiger partial charge in [0.05, 0.1) is 6.42 Å². The molecule has 20 heavy (non-hydrogen) atoms. The Morgan fingerprint density at radius 1 is 1.50 bits per heavy atom. The van der Waals surface area contributed by atoms with Crippen LogP contribution in [0.2, 0.25) is 5.02 Å². The summed E-state index contributed by atoms with van der Waals surface area (Å²) in [6.07, 6.45) is -0.130. The van der Waals surface area contributed by atoms with E-state index in [2.05, 4.69) is 15.5 Å². The second-order valence-electron chi connectivity index (χ2n) is 4.79. The predicted octanol–water partition coefficient (Wildman–Crippen LogP) is 3.51. The summed E-state index contributed by atoms with van der Waals surface area (Å²) in [5.74, 6) is -0.142. The van der Waals surface area contributed by atoms with Gasteiger partial charge in [0.2, 0.25) is 5.91 Å². The molecule has 2 N–H and O–H groups in total. The molecule has 0 aliphatic rings. The molecule has 0 bridgehead atoms. The van der Waals surface area contributed by atoms with Crippen molar-refractivity contribution >= 4 is 23.3 Å². The van der Waals surface area contributed by atoms with Crippen molar-refractivity contribution in [3.8, 4) is 0 Å². The molecule has 2 rings (SSSR count). The van der Waals surface area contributed by atoms with Gasteiger partial charge in [0.15, 0.2) is 5.82 Å². The summed E-state index contributed by atoms with van der Waals surface area (Å²) in [6, 6.07) is 6.09. The molecule has 0 spiro atoms. The maximum atomic E-state index is 13.6. The number of carbonyl (C=O) groups is 1. The summed E-state index contributed by atoms with van der Waals surface area (Å²) < 4.78 is 13.6. The van der Waals surface area contributed by atoms with Crippen molar-refractivity contribution in [1.82, 2.24) is 10.2 Å². The third-order valence-corrected chi connectivity index (χ3v) is 3.24. The summed E-state index contributed by atoms with van der Waals surface area (Å²) >= 11 is 5.88. The van der Waals surface area contributed by atoms with Crippen LogP contribution in [0.5, 0.6) is 0 Å². The molecule has 0 unspecified atom stereocenters. The van der Waals surface area contributed by atoms with Gasteiger partial charge >= 0.3 is 0 Å². The Hall–Kier alpha value is -1.88. The number of halogens is 2. The zero-order chi connectivity index (χ0) is 14.7. The van der Waals surface area contributed by atoms with Crippen molar-refractivity contribution in [3.05, 3.63) is 46.4 Å². The van der Waals surface area contributed by atoms with Crippen LogP contribution in [0.4, 0.5) is 10.2 Å².